The highest BCUT2D eigenvalue weighted by Crippen LogP contribution is 2.17. The molecule has 1 unspecified atom stereocenters. The number of likely N-dealkylation sites (N-methyl/N-ethyl adjacent to an activating group) is 1. The van der Waals surface area contributed by atoms with Gasteiger partial charge in [0.2, 0.25) is 0 Å². The van der Waals surface area contributed by atoms with Gasteiger partial charge in [0.05, 0.1) is 17.6 Å². The van der Waals surface area contributed by atoms with E-state index >= 15 is 0 Å². The lowest BCUT2D eigenvalue weighted by Crippen LogP contribution is -3.08. The Kier molecular flexibility index (Phi) is 5.46. The normalized spacial score (nSPS) is 12.0. The van der Waals surface area contributed by atoms with E-state index in [0.29, 0.717) is 22.8 Å². The molecular formula is C16H16ClF2N2O+. The van der Waals surface area contributed by atoms with Crippen LogP contribution in [0.5, 0.6) is 0 Å². The van der Waals surface area contributed by atoms with Crippen molar-refractivity contribution in [2.24, 2.45) is 0 Å². The predicted octanol–water partition coefficient (Wildman–Crippen LogP) is 2.27. The van der Waals surface area contributed by atoms with Crippen molar-refractivity contribution in [3.05, 3.63) is 64.7 Å². The first-order valence-corrected chi connectivity index (χ1v) is 7.13. The van der Waals surface area contributed by atoms with E-state index in [1.807, 2.05) is 0 Å². The molecule has 0 spiro atoms. The minimum atomic E-state index is -0.384. The van der Waals surface area contributed by atoms with Crippen LogP contribution < -0.4 is 10.2 Å². The molecular weight excluding hydrogens is 310 g/mol. The molecule has 6 heteroatoms. The molecule has 1 amide bonds. The van der Waals surface area contributed by atoms with Gasteiger partial charge < -0.3 is 10.2 Å². The number of anilines is 1. The summed E-state index contributed by atoms with van der Waals surface area (Å²) >= 11 is 5.97. The smallest absolute Gasteiger partial charge is 0.279 e. The summed E-state index contributed by atoms with van der Waals surface area (Å²) in [6.45, 7) is 0.435. The zero-order valence-electron chi connectivity index (χ0n) is 12.0. The molecule has 116 valence electrons. The molecule has 22 heavy (non-hydrogen) atoms. The van der Waals surface area contributed by atoms with Crippen LogP contribution >= 0.6 is 11.6 Å². The molecule has 2 aromatic carbocycles. The monoisotopic (exact) mass is 325 g/mol. The molecule has 2 aromatic rings. The summed E-state index contributed by atoms with van der Waals surface area (Å²) in [5.41, 5.74) is 0.902. The van der Waals surface area contributed by atoms with Crippen LogP contribution in [0.15, 0.2) is 42.5 Å². The highest BCUT2D eigenvalue weighted by atomic mass is 35.5. The fourth-order valence-corrected chi connectivity index (χ4v) is 2.31. The lowest BCUT2D eigenvalue weighted by molar-refractivity contribution is -0.885. The number of amides is 1. The average Bonchev–Trinajstić information content (AvgIpc) is 2.45. The second kappa shape index (κ2) is 7.33. The summed E-state index contributed by atoms with van der Waals surface area (Å²) in [6.07, 6.45) is 0. The van der Waals surface area contributed by atoms with Gasteiger partial charge in [-0.25, -0.2) is 8.78 Å². The largest absolute Gasteiger partial charge is 0.326 e. The van der Waals surface area contributed by atoms with E-state index < -0.39 is 0 Å². The highest BCUT2D eigenvalue weighted by Gasteiger charge is 2.15. The molecule has 2 N–H and O–H groups in total. The summed E-state index contributed by atoms with van der Waals surface area (Å²) in [5.74, 6) is -0.989. The fraction of sp³-hybridized carbons (Fsp3) is 0.188. The topological polar surface area (TPSA) is 33.5 Å². The molecule has 0 radical (unpaired) electrons. The van der Waals surface area contributed by atoms with Crippen molar-refractivity contribution in [2.45, 2.75) is 6.54 Å². The molecule has 0 heterocycles. The molecule has 3 nitrogen and oxygen atoms in total. The zero-order valence-corrected chi connectivity index (χ0v) is 12.8. The maximum atomic E-state index is 13.7. The molecule has 0 saturated heterocycles. The second-order valence-electron chi connectivity index (χ2n) is 5.07. The van der Waals surface area contributed by atoms with Crippen molar-refractivity contribution >= 4 is 23.2 Å². The van der Waals surface area contributed by atoms with Gasteiger partial charge in [0, 0.05) is 5.69 Å². The van der Waals surface area contributed by atoms with Crippen LogP contribution in [-0.4, -0.2) is 19.5 Å². The van der Waals surface area contributed by atoms with Crippen LogP contribution in [0.25, 0.3) is 0 Å². The number of rotatable bonds is 5. The standard InChI is InChI=1S/C16H15ClF2N2O/c1-21(9-13-14(17)3-2-4-15(13)19)10-16(22)20-12-7-5-11(18)6-8-12/h2-8H,9-10H2,1H3,(H,20,22)/p+1. The van der Waals surface area contributed by atoms with Crippen molar-refractivity contribution in [3.63, 3.8) is 0 Å². The summed E-state index contributed by atoms with van der Waals surface area (Å²) in [6, 6.07) is 10.00. The first-order valence-electron chi connectivity index (χ1n) is 6.75. The number of halogens is 3. The van der Waals surface area contributed by atoms with Crippen LogP contribution in [0.3, 0.4) is 0 Å². The molecule has 0 aromatic heterocycles. The molecule has 0 fully saturated rings. The molecule has 0 aliphatic rings. The minimum absolute atomic E-state index is 0.141. The van der Waals surface area contributed by atoms with Gasteiger partial charge >= 0.3 is 0 Å². The Balaban J connectivity index is 1.92. The number of quaternary nitrogens is 1. The number of nitrogens with one attached hydrogen (secondary N) is 2. The van der Waals surface area contributed by atoms with E-state index in [-0.39, 0.29) is 24.1 Å². The zero-order chi connectivity index (χ0) is 16.1. The number of hydrogen-bond acceptors (Lipinski definition) is 1. The Hall–Kier alpha value is -1.98. The summed E-state index contributed by atoms with van der Waals surface area (Å²) in [4.78, 5) is 12.7. The van der Waals surface area contributed by atoms with Crippen molar-refractivity contribution in [2.75, 3.05) is 18.9 Å². The SMILES string of the molecule is C[NH+](CC(=O)Nc1ccc(F)cc1)Cc1c(F)cccc1Cl. The Morgan fingerprint density at radius 3 is 2.50 bits per heavy atom. The maximum Gasteiger partial charge on any atom is 0.279 e. The lowest BCUT2D eigenvalue weighted by atomic mass is 10.2. The minimum Gasteiger partial charge on any atom is -0.326 e. The average molecular weight is 326 g/mol. The van der Waals surface area contributed by atoms with Gasteiger partial charge in [0.25, 0.3) is 5.91 Å². The van der Waals surface area contributed by atoms with Crippen LogP contribution in [0.1, 0.15) is 5.56 Å². The third kappa shape index (κ3) is 4.51. The van der Waals surface area contributed by atoms with Crippen LogP contribution in [0.4, 0.5) is 14.5 Å². The van der Waals surface area contributed by atoms with Gasteiger partial charge in [0.1, 0.15) is 18.2 Å². The van der Waals surface area contributed by atoms with Crippen LogP contribution in [-0.2, 0) is 11.3 Å². The summed E-state index contributed by atoms with van der Waals surface area (Å²) < 4.78 is 26.5. The van der Waals surface area contributed by atoms with Crippen LogP contribution in [0, 0.1) is 11.6 Å². The Morgan fingerprint density at radius 1 is 1.18 bits per heavy atom. The van der Waals surface area contributed by atoms with E-state index in [1.165, 1.54) is 36.4 Å². The molecule has 0 saturated carbocycles. The van der Waals surface area contributed by atoms with Crippen LogP contribution in [0.2, 0.25) is 5.02 Å². The Morgan fingerprint density at radius 2 is 1.86 bits per heavy atom. The van der Waals surface area contributed by atoms with Crippen molar-refractivity contribution in [1.29, 1.82) is 0 Å². The summed E-state index contributed by atoms with van der Waals surface area (Å²) in [5, 5.41) is 3.01. The third-order valence-corrected chi connectivity index (χ3v) is 3.48. The molecule has 2 rings (SSSR count). The Labute approximate surface area is 132 Å². The van der Waals surface area contributed by atoms with Crippen molar-refractivity contribution < 1.29 is 18.5 Å². The van der Waals surface area contributed by atoms with Crippen molar-refractivity contribution in [1.82, 2.24) is 0 Å². The molecule has 0 aliphatic carbocycles. The van der Waals surface area contributed by atoms with Gasteiger partial charge in [-0.15, -0.1) is 0 Å². The van der Waals surface area contributed by atoms with E-state index in [1.54, 1.807) is 13.1 Å². The second-order valence-corrected chi connectivity index (χ2v) is 5.47. The van der Waals surface area contributed by atoms with Gasteiger partial charge in [-0.3, -0.25) is 4.79 Å². The quantitative estimate of drug-likeness (QED) is 0.869. The predicted molar refractivity (Wildman–Crippen MR) is 81.9 cm³/mol. The van der Waals surface area contributed by atoms with Gasteiger partial charge in [-0.1, -0.05) is 17.7 Å². The number of carbonyl (C=O) groups excluding carboxylic acids is 1. The van der Waals surface area contributed by atoms with Gasteiger partial charge in [-0.2, -0.15) is 0 Å². The number of benzene rings is 2. The maximum absolute atomic E-state index is 13.7. The molecule has 1 atom stereocenters. The van der Waals surface area contributed by atoms with Gasteiger partial charge in [0.15, 0.2) is 6.54 Å². The third-order valence-electron chi connectivity index (χ3n) is 3.13. The van der Waals surface area contributed by atoms with E-state index in [0.717, 1.165) is 4.90 Å². The Bertz CT molecular complexity index is 641. The molecule has 0 aliphatic heterocycles. The number of carbonyl (C=O) groups is 1. The summed E-state index contributed by atoms with van der Waals surface area (Å²) in [7, 11) is 1.77. The first-order chi connectivity index (χ1) is 10.5. The first kappa shape index (κ1) is 16.4. The molecule has 0 bridgehead atoms. The fourth-order valence-electron chi connectivity index (χ4n) is 2.08. The van der Waals surface area contributed by atoms with E-state index in [4.69, 9.17) is 11.6 Å². The lowest BCUT2D eigenvalue weighted by Gasteiger charge is -2.15. The van der Waals surface area contributed by atoms with Gasteiger partial charge in [-0.05, 0) is 36.4 Å². The highest BCUT2D eigenvalue weighted by molar-refractivity contribution is 6.31. The van der Waals surface area contributed by atoms with Crippen molar-refractivity contribution in [3.8, 4) is 0 Å². The van der Waals surface area contributed by atoms with E-state index in [9.17, 15) is 13.6 Å². The van der Waals surface area contributed by atoms with E-state index in [2.05, 4.69) is 5.32 Å². The number of hydrogen-bond donors (Lipinski definition) is 2.